The van der Waals surface area contributed by atoms with Crippen molar-refractivity contribution in [1.29, 1.82) is 0 Å². The molecule has 0 radical (unpaired) electrons. The topological polar surface area (TPSA) is 78.4 Å². The highest BCUT2D eigenvalue weighted by molar-refractivity contribution is 5.27. The summed E-state index contributed by atoms with van der Waals surface area (Å²) in [5.74, 6) is 0.465. The Morgan fingerprint density at radius 3 is 2.38 bits per heavy atom. The molecule has 7 heteroatoms. The summed E-state index contributed by atoms with van der Waals surface area (Å²) >= 11 is 0. The first-order valence-electron chi connectivity index (χ1n) is 7.52. The van der Waals surface area contributed by atoms with Crippen LogP contribution in [0.15, 0.2) is 0 Å². The predicted octanol–water partition coefficient (Wildman–Crippen LogP) is 2.29. The molecular weight excluding hydrogens is 272 g/mol. The molecule has 120 valence electrons. The van der Waals surface area contributed by atoms with E-state index < -0.39 is 0 Å². The van der Waals surface area contributed by atoms with E-state index in [1.807, 2.05) is 13.8 Å². The quantitative estimate of drug-likeness (QED) is 0.628. The predicted molar refractivity (Wildman–Crippen MR) is 81.0 cm³/mol. The van der Waals surface area contributed by atoms with Gasteiger partial charge >= 0.3 is 12.0 Å². The summed E-state index contributed by atoms with van der Waals surface area (Å²) in [5.41, 5.74) is 0. The number of anilines is 1. The van der Waals surface area contributed by atoms with E-state index in [1.165, 1.54) is 0 Å². The lowest BCUT2D eigenvalue weighted by Gasteiger charge is -2.11. The van der Waals surface area contributed by atoms with Crippen molar-refractivity contribution in [2.24, 2.45) is 0 Å². The van der Waals surface area contributed by atoms with E-state index >= 15 is 0 Å². The molecule has 0 saturated heterocycles. The number of nitrogens with one attached hydrogen (secondary N) is 1. The lowest BCUT2D eigenvalue weighted by Crippen LogP contribution is -2.14. The first-order valence-corrected chi connectivity index (χ1v) is 7.52. The Morgan fingerprint density at radius 2 is 1.71 bits per heavy atom. The lowest BCUT2D eigenvalue weighted by molar-refractivity contribution is 0.0964. The van der Waals surface area contributed by atoms with Crippen LogP contribution in [0.5, 0.6) is 12.0 Å². The lowest BCUT2D eigenvalue weighted by atomic mass is 10.5. The van der Waals surface area contributed by atoms with Crippen LogP contribution in [0.4, 0.5) is 5.95 Å². The summed E-state index contributed by atoms with van der Waals surface area (Å²) in [6, 6.07) is 0.516. The van der Waals surface area contributed by atoms with Crippen molar-refractivity contribution < 1.29 is 14.2 Å². The van der Waals surface area contributed by atoms with Crippen LogP contribution < -0.4 is 14.8 Å². The molecular formula is C14H26N4O3. The summed E-state index contributed by atoms with van der Waals surface area (Å²) in [6.07, 6.45) is 1.96. The van der Waals surface area contributed by atoms with Gasteiger partial charge in [-0.15, -0.1) is 4.98 Å². The van der Waals surface area contributed by atoms with Crippen molar-refractivity contribution in [3.63, 3.8) is 0 Å². The molecule has 0 atom stereocenters. The zero-order chi connectivity index (χ0) is 15.5. The van der Waals surface area contributed by atoms with Crippen LogP contribution in [-0.4, -0.2) is 47.4 Å². The molecule has 21 heavy (non-hydrogen) atoms. The number of rotatable bonds is 11. The van der Waals surface area contributed by atoms with Crippen molar-refractivity contribution >= 4 is 5.95 Å². The van der Waals surface area contributed by atoms with E-state index in [1.54, 1.807) is 0 Å². The van der Waals surface area contributed by atoms with Crippen LogP contribution in [0.3, 0.4) is 0 Å². The standard InChI is InChI=1S/C14H26N4O3/c1-5-7-15-12-16-13(20-10-9-19-8-6-2)18-14(17-12)21-11(3)4/h11H,5-10H2,1-4H3,(H,15,16,17,18). The average molecular weight is 298 g/mol. The van der Waals surface area contributed by atoms with Crippen molar-refractivity contribution in [2.75, 3.05) is 31.7 Å². The SMILES string of the molecule is CCCNc1nc(OCCOCCC)nc(OC(C)C)n1. The molecule has 0 saturated carbocycles. The second-order valence-corrected chi connectivity index (χ2v) is 4.78. The van der Waals surface area contributed by atoms with Crippen LogP contribution in [0, 0.1) is 0 Å². The van der Waals surface area contributed by atoms with Gasteiger partial charge in [0.2, 0.25) is 5.95 Å². The minimum Gasteiger partial charge on any atom is -0.461 e. The molecule has 0 aliphatic rings. The highest BCUT2D eigenvalue weighted by Crippen LogP contribution is 2.14. The van der Waals surface area contributed by atoms with E-state index in [0.29, 0.717) is 19.2 Å². The molecule has 0 amide bonds. The van der Waals surface area contributed by atoms with E-state index in [2.05, 4.69) is 34.1 Å². The monoisotopic (exact) mass is 298 g/mol. The fraction of sp³-hybridized carbons (Fsp3) is 0.786. The molecule has 0 fully saturated rings. The highest BCUT2D eigenvalue weighted by Gasteiger charge is 2.09. The van der Waals surface area contributed by atoms with Gasteiger partial charge in [0.15, 0.2) is 0 Å². The van der Waals surface area contributed by atoms with Crippen molar-refractivity contribution in [3.8, 4) is 12.0 Å². The van der Waals surface area contributed by atoms with Gasteiger partial charge in [0, 0.05) is 13.2 Å². The minimum atomic E-state index is -0.00726. The maximum atomic E-state index is 5.51. The number of aromatic nitrogens is 3. The molecule has 0 bridgehead atoms. The molecule has 0 aliphatic carbocycles. The minimum absolute atomic E-state index is 0.00726. The number of nitrogens with zero attached hydrogens (tertiary/aromatic N) is 3. The van der Waals surface area contributed by atoms with Crippen molar-refractivity contribution in [3.05, 3.63) is 0 Å². The van der Waals surface area contributed by atoms with Gasteiger partial charge in [0.1, 0.15) is 6.61 Å². The van der Waals surface area contributed by atoms with Crippen LogP contribution in [0.1, 0.15) is 40.5 Å². The normalized spacial score (nSPS) is 10.7. The molecule has 1 aromatic heterocycles. The summed E-state index contributed by atoms with van der Waals surface area (Å²) < 4.78 is 16.3. The first kappa shape index (κ1) is 17.4. The van der Waals surface area contributed by atoms with Gasteiger partial charge in [-0.05, 0) is 26.7 Å². The van der Waals surface area contributed by atoms with Gasteiger partial charge in [-0.25, -0.2) is 0 Å². The largest absolute Gasteiger partial charge is 0.461 e. The molecule has 7 nitrogen and oxygen atoms in total. The zero-order valence-electron chi connectivity index (χ0n) is 13.4. The third kappa shape index (κ3) is 7.65. The van der Waals surface area contributed by atoms with Crippen LogP contribution in [-0.2, 0) is 4.74 Å². The smallest absolute Gasteiger partial charge is 0.324 e. The van der Waals surface area contributed by atoms with Crippen LogP contribution in [0.2, 0.25) is 0 Å². The molecule has 0 spiro atoms. The second-order valence-electron chi connectivity index (χ2n) is 4.78. The molecule has 0 unspecified atom stereocenters. The zero-order valence-corrected chi connectivity index (χ0v) is 13.4. The maximum absolute atomic E-state index is 5.51. The third-order valence-corrected chi connectivity index (χ3v) is 2.28. The molecule has 0 aliphatic heterocycles. The van der Waals surface area contributed by atoms with Gasteiger partial charge in [0.25, 0.3) is 0 Å². The van der Waals surface area contributed by atoms with Gasteiger partial charge < -0.3 is 19.5 Å². The van der Waals surface area contributed by atoms with E-state index in [4.69, 9.17) is 14.2 Å². The van der Waals surface area contributed by atoms with Crippen molar-refractivity contribution in [2.45, 2.75) is 46.6 Å². The fourth-order valence-corrected chi connectivity index (χ4v) is 1.42. The Kier molecular flexibility index (Phi) is 8.42. The second kappa shape index (κ2) is 10.1. The first-order chi connectivity index (χ1) is 10.2. The molecule has 0 aromatic carbocycles. The highest BCUT2D eigenvalue weighted by atomic mass is 16.5. The van der Waals surface area contributed by atoms with Gasteiger partial charge in [0.05, 0.1) is 12.7 Å². The summed E-state index contributed by atoms with van der Waals surface area (Å²) in [4.78, 5) is 12.5. The molecule has 1 heterocycles. The third-order valence-electron chi connectivity index (χ3n) is 2.28. The number of hydrogen-bond donors (Lipinski definition) is 1. The maximum Gasteiger partial charge on any atom is 0.324 e. The molecule has 1 rings (SSSR count). The Balaban J connectivity index is 2.62. The van der Waals surface area contributed by atoms with E-state index in [0.717, 1.165) is 26.0 Å². The summed E-state index contributed by atoms with van der Waals surface area (Å²) in [5, 5.41) is 3.11. The van der Waals surface area contributed by atoms with Crippen LogP contribution in [0.25, 0.3) is 0 Å². The number of ether oxygens (including phenoxy) is 3. The Bertz CT molecular complexity index is 402. The van der Waals surface area contributed by atoms with Crippen LogP contribution >= 0.6 is 0 Å². The van der Waals surface area contributed by atoms with Gasteiger partial charge in [-0.3, -0.25) is 0 Å². The Hall–Kier alpha value is -1.63. The average Bonchev–Trinajstić information content (AvgIpc) is 2.44. The van der Waals surface area contributed by atoms with E-state index in [9.17, 15) is 0 Å². The summed E-state index contributed by atoms with van der Waals surface area (Å²) in [6.45, 7) is 10.4. The molecule has 1 N–H and O–H groups in total. The fourth-order valence-electron chi connectivity index (χ4n) is 1.42. The molecule has 1 aromatic rings. The Morgan fingerprint density at radius 1 is 0.952 bits per heavy atom. The number of hydrogen-bond acceptors (Lipinski definition) is 7. The Labute approximate surface area is 126 Å². The summed E-state index contributed by atoms with van der Waals surface area (Å²) in [7, 11) is 0. The van der Waals surface area contributed by atoms with Gasteiger partial charge in [-0.1, -0.05) is 13.8 Å². The van der Waals surface area contributed by atoms with E-state index in [-0.39, 0.29) is 18.1 Å². The van der Waals surface area contributed by atoms with Crippen molar-refractivity contribution in [1.82, 2.24) is 15.0 Å². The van der Waals surface area contributed by atoms with Gasteiger partial charge in [-0.2, -0.15) is 9.97 Å².